The third kappa shape index (κ3) is 4.15. The fourth-order valence-corrected chi connectivity index (χ4v) is 2.20. The molecule has 3 nitrogen and oxygen atoms in total. The highest BCUT2D eigenvalue weighted by Gasteiger charge is 2.10. The number of halogens is 2. The molecule has 22 heavy (non-hydrogen) atoms. The summed E-state index contributed by atoms with van der Waals surface area (Å²) in [5, 5.41) is 3.43. The smallest absolute Gasteiger partial charge is 0.410 e. The van der Waals surface area contributed by atoms with Gasteiger partial charge in [-0.3, -0.25) is 5.32 Å². The standard InChI is InChI=1S/C17H17Cl2NO2/c1-10(2)12-5-4-11(3)16(8-12)22-17(21)20-13-6-7-14(18)15(19)9-13/h4-10H,1-3H3,(H,20,21). The molecule has 2 rings (SSSR count). The number of carbonyl (C=O) groups is 1. The molecule has 2 aromatic carbocycles. The highest BCUT2D eigenvalue weighted by Crippen LogP contribution is 2.26. The van der Waals surface area contributed by atoms with Crippen LogP contribution in [-0.2, 0) is 0 Å². The van der Waals surface area contributed by atoms with Gasteiger partial charge in [0.15, 0.2) is 0 Å². The van der Waals surface area contributed by atoms with Gasteiger partial charge in [0.2, 0.25) is 0 Å². The lowest BCUT2D eigenvalue weighted by Crippen LogP contribution is -2.17. The van der Waals surface area contributed by atoms with Crippen LogP contribution in [-0.4, -0.2) is 6.09 Å². The summed E-state index contributed by atoms with van der Waals surface area (Å²) in [6.45, 7) is 6.07. The van der Waals surface area contributed by atoms with Crippen LogP contribution in [0, 0.1) is 6.92 Å². The third-order valence-electron chi connectivity index (χ3n) is 3.25. The lowest BCUT2D eigenvalue weighted by atomic mass is 10.0. The molecule has 0 aliphatic rings. The van der Waals surface area contributed by atoms with E-state index in [4.69, 9.17) is 27.9 Å². The second-order valence-electron chi connectivity index (χ2n) is 5.32. The van der Waals surface area contributed by atoms with Crippen LogP contribution in [0.4, 0.5) is 10.5 Å². The average molecular weight is 338 g/mol. The molecular weight excluding hydrogens is 321 g/mol. The molecule has 1 N–H and O–H groups in total. The molecule has 0 aliphatic carbocycles. The Bertz CT molecular complexity index is 699. The lowest BCUT2D eigenvalue weighted by molar-refractivity contribution is 0.215. The van der Waals surface area contributed by atoms with E-state index in [1.54, 1.807) is 18.2 Å². The van der Waals surface area contributed by atoms with E-state index in [1.165, 1.54) is 0 Å². The number of hydrogen-bond donors (Lipinski definition) is 1. The van der Waals surface area contributed by atoms with E-state index in [1.807, 2.05) is 25.1 Å². The van der Waals surface area contributed by atoms with Crippen molar-refractivity contribution in [3.05, 3.63) is 57.6 Å². The maximum Gasteiger partial charge on any atom is 0.417 e. The molecule has 116 valence electrons. The average Bonchev–Trinajstić information content (AvgIpc) is 2.45. The molecule has 0 spiro atoms. The summed E-state index contributed by atoms with van der Waals surface area (Å²) < 4.78 is 5.38. The first-order valence-corrected chi connectivity index (χ1v) is 7.67. The van der Waals surface area contributed by atoms with Crippen LogP contribution in [0.2, 0.25) is 10.0 Å². The van der Waals surface area contributed by atoms with Crippen LogP contribution in [0.3, 0.4) is 0 Å². The number of rotatable bonds is 3. The van der Waals surface area contributed by atoms with Crippen molar-refractivity contribution in [3.63, 3.8) is 0 Å². The van der Waals surface area contributed by atoms with Crippen molar-refractivity contribution in [2.75, 3.05) is 5.32 Å². The monoisotopic (exact) mass is 337 g/mol. The Balaban J connectivity index is 2.11. The molecule has 0 heterocycles. The molecular formula is C17H17Cl2NO2. The van der Waals surface area contributed by atoms with Crippen LogP contribution in [0.15, 0.2) is 36.4 Å². The van der Waals surface area contributed by atoms with Gasteiger partial charge in [0.1, 0.15) is 5.75 Å². The Hall–Kier alpha value is -1.71. The van der Waals surface area contributed by atoms with Gasteiger partial charge in [-0.15, -0.1) is 0 Å². The first-order valence-electron chi connectivity index (χ1n) is 6.91. The molecule has 2 aromatic rings. The van der Waals surface area contributed by atoms with E-state index in [9.17, 15) is 4.79 Å². The molecule has 0 aromatic heterocycles. The van der Waals surface area contributed by atoms with Gasteiger partial charge in [-0.25, -0.2) is 4.79 Å². The van der Waals surface area contributed by atoms with Crippen molar-refractivity contribution < 1.29 is 9.53 Å². The molecule has 0 atom stereocenters. The van der Waals surface area contributed by atoms with Gasteiger partial charge in [0, 0.05) is 5.69 Å². The first kappa shape index (κ1) is 16.7. The second-order valence-corrected chi connectivity index (χ2v) is 6.14. The van der Waals surface area contributed by atoms with E-state index < -0.39 is 6.09 Å². The van der Waals surface area contributed by atoms with Gasteiger partial charge in [0.05, 0.1) is 10.0 Å². The van der Waals surface area contributed by atoms with E-state index in [0.717, 1.165) is 11.1 Å². The summed E-state index contributed by atoms with van der Waals surface area (Å²) in [5.41, 5.74) is 2.54. The number of amides is 1. The fraction of sp³-hybridized carbons (Fsp3) is 0.235. The van der Waals surface area contributed by atoms with Crippen LogP contribution >= 0.6 is 23.2 Å². The Morgan fingerprint density at radius 1 is 1.09 bits per heavy atom. The Labute approximate surface area is 140 Å². The van der Waals surface area contributed by atoms with Gasteiger partial charge in [0.25, 0.3) is 0 Å². The molecule has 5 heteroatoms. The van der Waals surface area contributed by atoms with Crippen LogP contribution < -0.4 is 10.1 Å². The van der Waals surface area contributed by atoms with Crippen LogP contribution in [0.25, 0.3) is 0 Å². The summed E-state index contributed by atoms with van der Waals surface area (Å²) in [6, 6.07) is 10.7. The van der Waals surface area contributed by atoms with Gasteiger partial charge < -0.3 is 4.74 Å². The molecule has 1 amide bonds. The minimum Gasteiger partial charge on any atom is -0.410 e. The highest BCUT2D eigenvalue weighted by molar-refractivity contribution is 6.42. The number of hydrogen-bond acceptors (Lipinski definition) is 2. The van der Waals surface area contributed by atoms with Gasteiger partial charge >= 0.3 is 6.09 Å². The molecule has 0 bridgehead atoms. The molecule has 0 fully saturated rings. The van der Waals surface area contributed by atoms with Crippen molar-refractivity contribution >= 4 is 35.0 Å². The fourth-order valence-electron chi connectivity index (χ4n) is 1.90. The van der Waals surface area contributed by atoms with E-state index in [0.29, 0.717) is 27.4 Å². The number of carbonyl (C=O) groups excluding carboxylic acids is 1. The zero-order chi connectivity index (χ0) is 16.3. The largest absolute Gasteiger partial charge is 0.417 e. The Morgan fingerprint density at radius 3 is 2.45 bits per heavy atom. The summed E-state index contributed by atoms with van der Waals surface area (Å²) in [4.78, 5) is 12.0. The number of aryl methyl sites for hydroxylation is 1. The Kier molecular flexibility index (Phi) is 5.33. The third-order valence-corrected chi connectivity index (χ3v) is 3.99. The predicted octanol–water partition coefficient (Wildman–Crippen LogP) is 6.04. The quantitative estimate of drug-likeness (QED) is 0.741. The lowest BCUT2D eigenvalue weighted by Gasteiger charge is -2.12. The molecule has 0 aliphatic heterocycles. The number of nitrogens with one attached hydrogen (secondary N) is 1. The summed E-state index contributed by atoms with van der Waals surface area (Å²) in [5.74, 6) is 0.907. The number of benzene rings is 2. The molecule has 0 saturated carbocycles. The summed E-state index contributed by atoms with van der Waals surface area (Å²) in [7, 11) is 0. The van der Waals surface area contributed by atoms with Gasteiger partial charge in [-0.1, -0.05) is 49.2 Å². The number of ether oxygens (including phenoxy) is 1. The minimum atomic E-state index is -0.567. The molecule has 0 radical (unpaired) electrons. The van der Waals surface area contributed by atoms with Gasteiger partial charge in [-0.05, 0) is 48.2 Å². The molecule has 0 saturated heterocycles. The normalized spacial score (nSPS) is 10.6. The zero-order valence-corrected chi connectivity index (χ0v) is 14.1. The van der Waals surface area contributed by atoms with Crippen molar-refractivity contribution in [1.82, 2.24) is 0 Å². The highest BCUT2D eigenvalue weighted by atomic mass is 35.5. The van der Waals surface area contributed by atoms with E-state index >= 15 is 0 Å². The number of anilines is 1. The predicted molar refractivity (Wildman–Crippen MR) is 91.4 cm³/mol. The zero-order valence-electron chi connectivity index (χ0n) is 12.6. The molecule has 0 unspecified atom stereocenters. The van der Waals surface area contributed by atoms with Crippen LogP contribution in [0.1, 0.15) is 30.9 Å². The maximum atomic E-state index is 12.0. The second kappa shape index (κ2) is 7.03. The van der Waals surface area contributed by atoms with E-state index in [-0.39, 0.29) is 0 Å². The topological polar surface area (TPSA) is 38.3 Å². The minimum absolute atomic E-state index is 0.362. The van der Waals surface area contributed by atoms with Crippen molar-refractivity contribution in [2.24, 2.45) is 0 Å². The van der Waals surface area contributed by atoms with Crippen molar-refractivity contribution in [1.29, 1.82) is 0 Å². The van der Waals surface area contributed by atoms with Crippen molar-refractivity contribution in [3.8, 4) is 5.75 Å². The summed E-state index contributed by atoms with van der Waals surface area (Å²) >= 11 is 11.8. The van der Waals surface area contributed by atoms with Crippen molar-refractivity contribution in [2.45, 2.75) is 26.7 Å². The first-order chi connectivity index (χ1) is 10.4. The summed E-state index contributed by atoms with van der Waals surface area (Å²) in [6.07, 6.45) is -0.567. The van der Waals surface area contributed by atoms with Crippen LogP contribution in [0.5, 0.6) is 5.75 Å². The van der Waals surface area contributed by atoms with E-state index in [2.05, 4.69) is 19.2 Å². The van der Waals surface area contributed by atoms with Gasteiger partial charge in [-0.2, -0.15) is 0 Å². The maximum absolute atomic E-state index is 12.0. The SMILES string of the molecule is Cc1ccc(C(C)C)cc1OC(=O)Nc1ccc(Cl)c(Cl)c1. The Morgan fingerprint density at radius 2 is 1.82 bits per heavy atom.